The van der Waals surface area contributed by atoms with Crippen LogP contribution in [0, 0.1) is 0 Å². The summed E-state index contributed by atoms with van der Waals surface area (Å²) < 4.78 is 10.7. The van der Waals surface area contributed by atoms with E-state index >= 15 is 0 Å². The van der Waals surface area contributed by atoms with Crippen molar-refractivity contribution in [2.24, 2.45) is 0 Å². The summed E-state index contributed by atoms with van der Waals surface area (Å²) in [6.45, 7) is 3.20. The first kappa shape index (κ1) is 20.0. The summed E-state index contributed by atoms with van der Waals surface area (Å²) in [5.41, 5.74) is 5.13. The van der Waals surface area contributed by atoms with E-state index in [0.717, 1.165) is 0 Å². The number of para-hydroxylation sites is 1. The highest BCUT2D eigenvalue weighted by Gasteiger charge is 2.15. The van der Waals surface area contributed by atoms with Crippen molar-refractivity contribution in [3.63, 3.8) is 0 Å². The van der Waals surface area contributed by atoms with Gasteiger partial charge in [-0.05, 0) is 37.3 Å². The molecule has 138 valence electrons. The van der Waals surface area contributed by atoms with E-state index < -0.39 is 11.8 Å². The Bertz CT molecular complexity index is 784. The first-order valence-electron chi connectivity index (χ1n) is 7.88. The molecule has 0 aliphatic carbocycles. The Balaban J connectivity index is 1.98. The lowest BCUT2D eigenvalue weighted by molar-refractivity contribution is 0.0840. The van der Waals surface area contributed by atoms with Gasteiger partial charge in [-0.2, -0.15) is 0 Å². The predicted octanol–water partition coefficient (Wildman–Crippen LogP) is 3.48. The average molecular weight is 397 g/mol. The molecule has 2 aromatic rings. The summed E-state index contributed by atoms with van der Waals surface area (Å²) in [6, 6.07) is 11.1. The lowest BCUT2D eigenvalue weighted by Gasteiger charge is -2.12. The van der Waals surface area contributed by atoms with E-state index in [2.05, 4.69) is 10.9 Å². The molecule has 6 nitrogen and oxygen atoms in total. The van der Waals surface area contributed by atoms with Crippen molar-refractivity contribution < 1.29 is 19.1 Å². The fraction of sp³-hybridized carbons (Fsp3) is 0.222. The number of rotatable bonds is 7. The maximum absolute atomic E-state index is 12.3. The molecule has 0 saturated carbocycles. The highest BCUT2D eigenvalue weighted by Crippen LogP contribution is 2.21. The van der Waals surface area contributed by atoms with Crippen LogP contribution < -0.4 is 15.6 Å². The molecule has 0 unspecified atom stereocenters. The van der Waals surface area contributed by atoms with Crippen LogP contribution in [0.4, 0.5) is 0 Å². The normalized spacial score (nSPS) is 10.3. The molecule has 2 amide bonds. The number of nitrogens with one attached hydrogen (secondary N) is 2. The zero-order valence-corrected chi connectivity index (χ0v) is 15.6. The van der Waals surface area contributed by atoms with E-state index in [9.17, 15) is 9.59 Å². The Morgan fingerprint density at radius 3 is 2.35 bits per heavy atom. The van der Waals surface area contributed by atoms with Crippen LogP contribution in [0.2, 0.25) is 10.0 Å². The lowest BCUT2D eigenvalue weighted by atomic mass is 10.2. The van der Waals surface area contributed by atoms with Crippen LogP contribution in [-0.2, 0) is 4.74 Å². The Hall–Kier alpha value is -2.28. The zero-order valence-electron chi connectivity index (χ0n) is 14.1. The van der Waals surface area contributed by atoms with E-state index in [4.69, 9.17) is 32.7 Å². The number of ether oxygens (including phenoxy) is 2. The van der Waals surface area contributed by atoms with Crippen molar-refractivity contribution in [3.05, 3.63) is 63.6 Å². The summed E-state index contributed by atoms with van der Waals surface area (Å²) in [7, 11) is 0. The third-order valence-electron chi connectivity index (χ3n) is 3.29. The van der Waals surface area contributed by atoms with Gasteiger partial charge in [0.05, 0.1) is 22.8 Å². The van der Waals surface area contributed by atoms with Gasteiger partial charge in [0, 0.05) is 11.6 Å². The molecule has 26 heavy (non-hydrogen) atoms. The second kappa shape index (κ2) is 10.0. The SMILES string of the molecule is CCOCCOc1ccccc1C(=O)NNC(=O)c1ccc(Cl)cc1Cl. The number of amides is 2. The second-order valence-electron chi connectivity index (χ2n) is 5.07. The lowest BCUT2D eigenvalue weighted by Crippen LogP contribution is -2.41. The smallest absolute Gasteiger partial charge is 0.273 e. The van der Waals surface area contributed by atoms with Gasteiger partial charge >= 0.3 is 0 Å². The molecule has 0 heterocycles. The standard InChI is InChI=1S/C18H18Cl2N2O4/c1-2-25-9-10-26-16-6-4-3-5-14(16)18(24)22-21-17(23)13-8-7-12(19)11-15(13)20/h3-8,11H,2,9-10H2,1H3,(H,21,23)(H,22,24). The maximum Gasteiger partial charge on any atom is 0.273 e. The van der Waals surface area contributed by atoms with E-state index in [-0.39, 0.29) is 16.1 Å². The van der Waals surface area contributed by atoms with Crippen molar-refractivity contribution in [2.75, 3.05) is 19.8 Å². The maximum atomic E-state index is 12.3. The van der Waals surface area contributed by atoms with Gasteiger partial charge in [-0.3, -0.25) is 20.4 Å². The quantitative estimate of drug-likeness (QED) is 0.554. The third kappa shape index (κ3) is 5.62. The van der Waals surface area contributed by atoms with Crippen LogP contribution in [0.3, 0.4) is 0 Å². The van der Waals surface area contributed by atoms with E-state index in [1.165, 1.54) is 18.2 Å². The van der Waals surface area contributed by atoms with Gasteiger partial charge < -0.3 is 9.47 Å². The van der Waals surface area contributed by atoms with Gasteiger partial charge in [0.1, 0.15) is 12.4 Å². The molecule has 0 aliphatic rings. The van der Waals surface area contributed by atoms with E-state index in [1.807, 2.05) is 6.92 Å². The first-order valence-corrected chi connectivity index (χ1v) is 8.63. The Labute approximate surface area is 161 Å². The van der Waals surface area contributed by atoms with Gasteiger partial charge in [0.15, 0.2) is 0 Å². The molecule has 2 N–H and O–H groups in total. The Morgan fingerprint density at radius 1 is 0.962 bits per heavy atom. The van der Waals surface area contributed by atoms with Crippen LogP contribution in [0.25, 0.3) is 0 Å². The van der Waals surface area contributed by atoms with Crippen molar-refractivity contribution >= 4 is 35.0 Å². The minimum absolute atomic E-state index is 0.184. The second-order valence-corrected chi connectivity index (χ2v) is 5.92. The third-order valence-corrected chi connectivity index (χ3v) is 3.83. The van der Waals surface area contributed by atoms with Gasteiger partial charge in [0.25, 0.3) is 11.8 Å². The van der Waals surface area contributed by atoms with Crippen LogP contribution in [0.15, 0.2) is 42.5 Å². The number of carbonyl (C=O) groups excluding carboxylic acids is 2. The molecule has 2 aromatic carbocycles. The van der Waals surface area contributed by atoms with Gasteiger partial charge in [-0.1, -0.05) is 35.3 Å². The molecule has 0 aliphatic heterocycles. The molecule has 0 atom stereocenters. The molecule has 8 heteroatoms. The fourth-order valence-corrected chi connectivity index (χ4v) is 2.55. The number of benzene rings is 2. The van der Waals surface area contributed by atoms with Gasteiger partial charge in [-0.25, -0.2) is 0 Å². The number of hydrogen-bond donors (Lipinski definition) is 2. The summed E-state index contributed by atoms with van der Waals surface area (Å²) in [4.78, 5) is 24.5. The number of halogens is 2. The fourth-order valence-electron chi connectivity index (χ4n) is 2.06. The van der Waals surface area contributed by atoms with Crippen molar-refractivity contribution in [3.8, 4) is 5.75 Å². The summed E-state index contributed by atoms with van der Waals surface area (Å²) >= 11 is 11.8. The molecule has 2 rings (SSSR count). The summed E-state index contributed by atoms with van der Waals surface area (Å²) in [5.74, 6) is -0.686. The topological polar surface area (TPSA) is 76.7 Å². The molecular formula is C18H18Cl2N2O4. The van der Waals surface area contributed by atoms with Crippen LogP contribution in [-0.4, -0.2) is 31.6 Å². The van der Waals surface area contributed by atoms with Gasteiger partial charge in [-0.15, -0.1) is 0 Å². The largest absolute Gasteiger partial charge is 0.490 e. The highest BCUT2D eigenvalue weighted by atomic mass is 35.5. The van der Waals surface area contributed by atoms with Crippen LogP contribution in [0.5, 0.6) is 5.75 Å². The van der Waals surface area contributed by atoms with Crippen molar-refractivity contribution in [1.29, 1.82) is 0 Å². The van der Waals surface area contributed by atoms with Gasteiger partial charge in [0.2, 0.25) is 0 Å². The van der Waals surface area contributed by atoms with E-state index in [0.29, 0.717) is 30.6 Å². The molecule has 0 bridgehead atoms. The van der Waals surface area contributed by atoms with E-state index in [1.54, 1.807) is 24.3 Å². The highest BCUT2D eigenvalue weighted by molar-refractivity contribution is 6.36. The Kier molecular flexibility index (Phi) is 7.72. The monoisotopic (exact) mass is 396 g/mol. The number of hydrazine groups is 1. The minimum Gasteiger partial charge on any atom is -0.490 e. The predicted molar refractivity (Wildman–Crippen MR) is 99.8 cm³/mol. The summed E-state index contributed by atoms with van der Waals surface area (Å²) in [5, 5.41) is 0.595. The van der Waals surface area contributed by atoms with Crippen LogP contribution in [0.1, 0.15) is 27.6 Å². The number of carbonyl (C=O) groups is 2. The molecule has 0 saturated heterocycles. The Morgan fingerprint density at radius 2 is 1.65 bits per heavy atom. The van der Waals surface area contributed by atoms with Crippen molar-refractivity contribution in [1.82, 2.24) is 10.9 Å². The average Bonchev–Trinajstić information content (AvgIpc) is 2.63. The summed E-state index contributed by atoms with van der Waals surface area (Å²) in [6.07, 6.45) is 0. The minimum atomic E-state index is -0.560. The van der Waals surface area contributed by atoms with Crippen molar-refractivity contribution in [2.45, 2.75) is 6.92 Å². The molecule has 0 aromatic heterocycles. The van der Waals surface area contributed by atoms with Crippen LogP contribution >= 0.6 is 23.2 Å². The number of hydrogen-bond acceptors (Lipinski definition) is 4. The molecular weight excluding hydrogens is 379 g/mol. The first-order chi connectivity index (χ1) is 12.5. The molecule has 0 radical (unpaired) electrons. The molecule has 0 fully saturated rings. The zero-order chi connectivity index (χ0) is 18.9. The molecule has 0 spiro atoms.